The highest BCUT2D eigenvalue weighted by atomic mass is 16.3. The predicted octanol–water partition coefficient (Wildman–Crippen LogP) is 1.41. The molecule has 0 radical (unpaired) electrons. The Hall–Kier alpha value is -2.53. The van der Waals surface area contributed by atoms with Crippen LogP contribution in [-0.4, -0.2) is 50.3 Å². The van der Waals surface area contributed by atoms with E-state index >= 15 is 0 Å². The third-order valence-electron chi connectivity index (χ3n) is 5.41. The minimum Gasteiger partial charge on any atom is -0.506 e. The molecule has 144 valence electrons. The van der Waals surface area contributed by atoms with Gasteiger partial charge >= 0.3 is 0 Å². The van der Waals surface area contributed by atoms with E-state index in [2.05, 4.69) is 29.3 Å². The second-order valence-corrected chi connectivity index (χ2v) is 7.22. The van der Waals surface area contributed by atoms with Crippen LogP contribution in [0.4, 0.5) is 5.69 Å². The quantitative estimate of drug-likeness (QED) is 0.693. The summed E-state index contributed by atoms with van der Waals surface area (Å²) < 4.78 is 0. The number of hydrogen-bond donors (Lipinski definition) is 3. The van der Waals surface area contributed by atoms with Crippen molar-refractivity contribution in [1.29, 1.82) is 0 Å². The van der Waals surface area contributed by atoms with Gasteiger partial charge in [0.1, 0.15) is 5.75 Å². The first kappa shape index (κ1) is 19.2. The van der Waals surface area contributed by atoms with Crippen molar-refractivity contribution in [2.24, 2.45) is 0 Å². The van der Waals surface area contributed by atoms with E-state index in [1.807, 2.05) is 36.4 Å². The van der Waals surface area contributed by atoms with Crippen molar-refractivity contribution in [3.8, 4) is 5.75 Å². The van der Waals surface area contributed by atoms with Crippen molar-refractivity contribution >= 4 is 11.6 Å². The molecule has 1 aliphatic heterocycles. The van der Waals surface area contributed by atoms with Crippen LogP contribution in [0.3, 0.4) is 0 Å². The van der Waals surface area contributed by atoms with Crippen LogP contribution in [0.25, 0.3) is 0 Å². The summed E-state index contributed by atoms with van der Waals surface area (Å²) in [5.41, 5.74) is 2.17. The molecule has 0 spiro atoms. The summed E-state index contributed by atoms with van der Waals surface area (Å²) in [6, 6.07) is 17.8. The van der Waals surface area contributed by atoms with Crippen molar-refractivity contribution in [1.82, 2.24) is 5.32 Å². The molecule has 3 N–H and O–H groups in total. The Balaban J connectivity index is 1.43. The molecular weight excluding hydrogens is 338 g/mol. The summed E-state index contributed by atoms with van der Waals surface area (Å²) in [4.78, 5) is 15.9. The summed E-state index contributed by atoms with van der Waals surface area (Å²) in [7, 11) is 0. The average molecular weight is 369 g/mol. The lowest BCUT2D eigenvalue weighted by Crippen LogP contribution is -3.16. The average Bonchev–Trinajstić information content (AvgIpc) is 2.70. The van der Waals surface area contributed by atoms with Gasteiger partial charge in [0, 0.05) is 12.5 Å². The Morgan fingerprint density at radius 1 is 1.11 bits per heavy atom. The number of phenols is 1. The van der Waals surface area contributed by atoms with E-state index in [0.717, 1.165) is 38.3 Å². The van der Waals surface area contributed by atoms with Gasteiger partial charge in [-0.15, -0.1) is 0 Å². The molecule has 0 unspecified atom stereocenters. The van der Waals surface area contributed by atoms with Crippen LogP contribution in [-0.2, 0) is 4.79 Å². The molecule has 3 rings (SSSR count). The lowest BCUT2D eigenvalue weighted by atomic mass is 9.96. The number of piperazine rings is 1. The van der Waals surface area contributed by atoms with E-state index in [4.69, 9.17) is 0 Å². The molecule has 5 heteroatoms. The largest absolute Gasteiger partial charge is 0.506 e. The van der Waals surface area contributed by atoms with Crippen molar-refractivity contribution in [2.45, 2.75) is 19.3 Å². The van der Waals surface area contributed by atoms with Crippen LogP contribution in [0, 0.1) is 0 Å². The number of phenolic OH excluding ortho intramolecular Hbond substituents is 1. The highest BCUT2D eigenvalue weighted by Crippen LogP contribution is 2.25. The minimum absolute atomic E-state index is 0.121. The maximum atomic E-state index is 12.4. The van der Waals surface area contributed by atoms with Gasteiger partial charge in [0.15, 0.2) is 6.54 Å². The molecule has 1 atom stereocenters. The zero-order valence-electron chi connectivity index (χ0n) is 16.0. The topological polar surface area (TPSA) is 57.0 Å². The van der Waals surface area contributed by atoms with Gasteiger partial charge in [-0.05, 0) is 24.1 Å². The number of carbonyl (C=O) groups is 1. The third kappa shape index (κ3) is 5.23. The summed E-state index contributed by atoms with van der Waals surface area (Å²) in [6.45, 7) is 6.86. The van der Waals surface area contributed by atoms with E-state index < -0.39 is 0 Å². The number of benzene rings is 2. The number of quaternary nitrogens is 1. The number of anilines is 1. The molecular formula is C22H30N3O2+. The van der Waals surface area contributed by atoms with E-state index in [-0.39, 0.29) is 5.91 Å². The van der Waals surface area contributed by atoms with Gasteiger partial charge in [0.25, 0.3) is 5.91 Å². The normalized spacial score (nSPS) is 16.1. The SMILES string of the molecule is CC[C@@H](CNC(=O)C[NH+]1CCN(c2ccccc2O)CC1)c1ccccc1. The number of para-hydroxylation sites is 2. The molecule has 5 nitrogen and oxygen atoms in total. The number of hydrogen-bond acceptors (Lipinski definition) is 3. The molecule has 0 bridgehead atoms. The Morgan fingerprint density at radius 3 is 2.44 bits per heavy atom. The lowest BCUT2D eigenvalue weighted by Gasteiger charge is -2.33. The number of rotatable bonds is 7. The lowest BCUT2D eigenvalue weighted by molar-refractivity contribution is -0.892. The van der Waals surface area contributed by atoms with Crippen LogP contribution in [0.2, 0.25) is 0 Å². The second kappa shape index (κ2) is 9.42. The molecule has 0 aromatic heterocycles. The molecule has 1 fully saturated rings. The molecule has 0 aliphatic carbocycles. The number of nitrogens with one attached hydrogen (secondary N) is 2. The van der Waals surface area contributed by atoms with Gasteiger partial charge in [-0.1, -0.05) is 49.4 Å². The van der Waals surface area contributed by atoms with Crippen LogP contribution < -0.4 is 15.1 Å². The van der Waals surface area contributed by atoms with E-state index in [1.54, 1.807) is 6.07 Å². The molecule has 1 saturated heterocycles. The number of carbonyl (C=O) groups excluding carboxylic acids is 1. The second-order valence-electron chi connectivity index (χ2n) is 7.22. The third-order valence-corrected chi connectivity index (χ3v) is 5.41. The zero-order valence-corrected chi connectivity index (χ0v) is 16.0. The highest BCUT2D eigenvalue weighted by molar-refractivity contribution is 5.76. The Morgan fingerprint density at radius 2 is 1.78 bits per heavy atom. The van der Waals surface area contributed by atoms with Crippen molar-refractivity contribution in [2.75, 3.05) is 44.2 Å². The zero-order chi connectivity index (χ0) is 19.1. The standard InChI is InChI=1S/C22H29N3O2/c1-2-18(19-8-4-3-5-9-19)16-23-22(27)17-24-12-14-25(15-13-24)20-10-6-7-11-21(20)26/h3-11,18,26H,2,12-17H2,1H3,(H,23,27)/p+1/t18-/m0/s1. The molecule has 1 amide bonds. The maximum absolute atomic E-state index is 12.4. The van der Waals surface area contributed by atoms with Crippen molar-refractivity contribution < 1.29 is 14.8 Å². The Labute approximate surface area is 161 Å². The maximum Gasteiger partial charge on any atom is 0.275 e. The highest BCUT2D eigenvalue weighted by Gasteiger charge is 2.23. The summed E-state index contributed by atoms with van der Waals surface area (Å²) >= 11 is 0. The minimum atomic E-state index is 0.121. The van der Waals surface area contributed by atoms with Crippen LogP contribution in [0.15, 0.2) is 54.6 Å². The fourth-order valence-electron chi connectivity index (χ4n) is 3.72. The first-order valence-corrected chi connectivity index (χ1v) is 9.85. The van der Waals surface area contributed by atoms with Crippen LogP contribution in [0.1, 0.15) is 24.8 Å². The Bertz CT molecular complexity index is 727. The summed E-state index contributed by atoms with van der Waals surface area (Å²) in [6.07, 6.45) is 1.01. The van der Waals surface area contributed by atoms with Crippen molar-refractivity contribution in [3.63, 3.8) is 0 Å². The van der Waals surface area contributed by atoms with Gasteiger partial charge in [-0.2, -0.15) is 0 Å². The molecule has 1 heterocycles. The van der Waals surface area contributed by atoms with Gasteiger partial charge < -0.3 is 20.2 Å². The van der Waals surface area contributed by atoms with E-state index in [9.17, 15) is 9.90 Å². The first-order chi connectivity index (χ1) is 13.2. The predicted molar refractivity (Wildman–Crippen MR) is 108 cm³/mol. The molecule has 27 heavy (non-hydrogen) atoms. The molecule has 2 aromatic rings. The summed E-state index contributed by atoms with van der Waals surface area (Å²) in [5.74, 6) is 0.809. The molecule has 1 aliphatic rings. The van der Waals surface area contributed by atoms with Gasteiger partial charge in [-0.3, -0.25) is 4.79 Å². The van der Waals surface area contributed by atoms with Gasteiger partial charge in [-0.25, -0.2) is 0 Å². The van der Waals surface area contributed by atoms with Crippen molar-refractivity contribution in [3.05, 3.63) is 60.2 Å². The number of amides is 1. The first-order valence-electron chi connectivity index (χ1n) is 9.85. The fraction of sp³-hybridized carbons (Fsp3) is 0.409. The van der Waals surface area contributed by atoms with Gasteiger partial charge in [0.05, 0.1) is 31.9 Å². The molecule has 2 aromatic carbocycles. The monoisotopic (exact) mass is 368 g/mol. The van der Waals surface area contributed by atoms with E-state index in [0.29, 0.717) is 24.8 Å². The Kier molecular flexibility index (Phi) is 6.71. The number of aromatic hydroxyl groups is 1. The molecule has 0 saturated carbocycles. The fourth-order valence-corrected chi connectivity index (χ4v) is 3.72. The van der Waals surface area contributed by atoms with Gasteiger partial charge in [0.2, 0.25) is 0 Å². The smallest absolute Gasteiger partial charge is 0.275 e. The van der Waals surface area contributed by atoms with Crippen LogP contribution >= 0.6 is 0 Å². The van der Waals surface area contributed by atoms with Crippen LogP contribution in [0.5, 0.6) is 5.75 Å². The summed E-state index contributed by atoms with van der Waals surface area (Å²) in [5, 5.41) is 13.1. The van der Waals surface area contributed by atoms with E-state index in [1.165, 1.54) is 10.5 Å². The number of nitrogens with zero attached hydrogens (tertiary/aromatic N) is 1.